The number of carbonyl (C=O) groups is 1. The summed E-state index contributed by atoms with van der Waals surface area (Å²) in [6, 6.07) is 7.14. The molecular formula is C15H21NO2. The lowest BCUT2D eigenvalue weighted by molar-refractivity contribution is -0.125. The van der Waals surface area contributed by atoms with Crippen molar-refractivity contribution >= 4 is 5.91 Å². The fraction of sp³-hybridized carbons (Fsp3) is 0.533. The topological polar surface area (TPSA) is 49.3 Å². The maximum Gasteiger partial charge on any atom is 0.223 e. The quantitative estimate of drug-likeness (QED) is 0.859. The molecule has 1 amide bonds. The number of carbonyl (C=O) groups excluding carboxylic acids is 1. The number of nitrogens with one attached hydrogen (secondary N) is 1. The Hall–Kier alpha value is -1.51. The minimum absolute atomic E-state index is 0.216. The van der Waals surface area contributed by atoms with Crippen molar-refractivity contribution in [2.45, 2.75) is 38.5 Å². The standard InChI is InChI=1S/C15H21NO2/c17-14-8-6-12(7-9-14)10-11-16-15(18)13-4-2-1-3-5-13/h6-9,13,17H,1-5,10-11H2,(H,16,18). The van der Waals surface area contributed by atoms with Crippen LogP contribution in [-0.4, -0.2) is 17.6 Å². The molecule has 1 aromatic rings. The number of hydrogen-bond acceptors (Lipinski definition) is 2. The van der Waals surface area contributed by atoms with Crippen molar-refractivity contribution in [3.05, 3.63) is 29.8 Å². The Morgan fingerprint density at radius 2 is 1.83 bits per heavy atom. The molecule has 1 aromatic carbocycles. The summed E-state index contributed by atoms with van der Waals surface area (Å²) in [5.41, 5.74) is 1.14. The van der Waals surface area contributed by atoms with Gasteiger partial charge in [0.2, 0.25) is 5.91 Å². The molecule has 0 radical (unpaired) electrons. The summed E-state index contributed by atoms with van der Waals surface area (Å²) in [5, 5.41) is 12.2. The fourth-order valence-electron chi connectivity index (χ4n) is 2.50. The first-order valence-corrected chi connectivity index (χ1v) is 6.81. The van der Waals surface area contributed by atoms with Crippen molar-refractivity contribution in [1.82, 2.24) is 5.32 Å². The van der Waals surface area contributed by atoms with Crippen molar-refractivity contribution in [2.24, 2.45) is 5.92 Å². The molecule has 2 N–H and O–H groups in total. The summed E-state index contributed by atoms with van der Waals surface area (Å²) in [7, 11) is 0. The molecule has 0 aromatic heterocycles. The maximum absolute atomic E-state index is 11.9. The van der Waals surface area contributed by atoms with E-state index < -0.39 is 0 Å². The Morgan fingerprint density at radius 1 is 1.17 bits per heavy atom. The van der Waals surface area contributed by atoms with Crippen molar-refractivity contribution in [2.75, 3.05) is 6.54 Å². The van der Waals surface area contributed by atoms with E-state index in [0.717, 1.165) is 24.8 Å². The summed E-state index contributed by atoms with van der Waals surface area (Å²) < 4.78 is 0. The molecular weight excluding hydrogens is 226 g/mol. The summed E-state index contributed by atoms with van der Waals surface area (Å²) in [6.07, 6.45) is 6.57. The highest BCUT2D eigenvalue weighted by atomic mass is 16.3. The molecule has 0 aliphatic heterocycles. The van der Waals surface area contributed by atoms with Crippen LogP contribution in [0, 0.1) is 5.92 Å². The largest absolute Gasteiger partial charge is 0.508 e. The molecule has 0 saturated heterocycles. The van der Waals surface area contributed by atoms with Gasteiger partial charge in [0.15, 0.2) is 0 Å². The molecule has 0 spiro atoms. The Balaban J connectivity index is 1.71. The number of rotatable bonds is 4. The van der Waals surface area contributed by atoms with Crippen LogP contribution in [0.3, 0.4) is 0 Å². The van der Waals surface area contributed by atoms with E-state index in [0.29, 0.717) is 6.54 Å². The second-order valence-electron chi connectivity index (χ2n) is 5.04. The van der Waals surface area contributed by atoms with E-state index in [2.05, 4.69) is 5.32 Å². The molecule has 18 heavy (non-hydrogen) atoms. The SMILES string of the molecule is O=C(NCCc1ccc(O)cc1)C1CCCCC1. The Kier molecular flexibility index (Phi) is 4.62. The van der Waals surface area contributed by atoms with E-state index in [9.17, 15) is 9.90 Å². The average molecular weight is 247 g/mol. The Labute approximate surface area is 108 Å². The lowest BCUT2D eigenvalue weighted by atomic mass is 9.88. The van der Waals surface area contributed by atoms with Crippen LogP contribution in [-0.2, 0) is 11.2 Å². The minimum Gasteiger partial charge on any atom is -0.508 e. The molecule has 0 heterocycles. The predicted octanol–water partition coefficient (Wildman–Crippen LogP) is 2.63. The van der Waals surface area contributed by atoms with Crippen LogP contribution >= 0.6 is 0 Å². The molecule has 2 rings (SSSR count). The number of aromatic hydroxyl groups is 1. The molecule has 3 heteroatoms. The monoisotopic (exact) mass is 247 g/mol. The van der Waals surface area contributed by atoms with E-state index in [4.69, 9.17) is 0 Å². The van der Waals surface area contributed by atoms with E-state index in [1.165, 1.54) is 19.3 Å². The lowest BCUT2D eigenvalue weighted by Gasteiger charge is -2.20. The second kappa shape index (κ2) is 6.43. The van der Waals surface area contributed by atoms with Crippen LogP contribution in [0.4, 0.5) is 0 Å². The third-order valence-corrected chi connectivity index (χ3v) is 3.63. The lowest BCUT2D eigenvalue weighted by Crippen LogP contribution is -2.33. The first-order chi connectivity index (χ1) is 8.75. The number of phenols is 1. The van der Waals surface area contributed by atoms with Gasteiger partial charge in [0.05, 0.1) is 0 Å². The minimum atomic E-state index is 0.216. The van der Waals surface area contributed by atoms with Gasteiger partial charge in [-0.05, 0) is 37.0 Å². The van der Waals surface area contributed by atoms with Crippen LogP contribution in [0.25, 0.3) is 0 Å². The Bertz CT molecular complexity index is 380. The van der Waals surface area contributed by atoms with Crippen LogP contribution in [0.2, 0.25) is 0 Å². The zero-order chi connectivity index (χ0) is 12.8. The number of hydrogen-bond donors (Lipinski definition) is 2. The van der Waals surface area contributed by atoms with Crippen LogP contribution in [0.1, 0.15) is 37.7 Å². The van der Waals surface area contributed by atoms with E-state index in [-0.39, 0.29) is 17.6 Å². The van der Waals surface area contributed by atoms with Gasteiger partial charge >= 0.3 is 0 Å². The number of benzene rings is 1. The van der Waals surface area contributed by atoms with Gasteiger partial charge in [0.1, 0.15) is 5.75 Å². The van der Waals surface area contributed by atoms with E-state index in [1.54, 1.807) is 12.1 Å². The highest BCUT2D eigenvalue weighted by Gasteiger charge is 2.20. The van der Waals surface area contributed by atoms with Crippen molar-refractivity contribution in [3.8, 4) is 5.75 Å². The van der Waals surface area contributed by atoms with Crippen molar-refractivity contribution in [1.29, 1.82) is 0 Å². The van der Waals surface area contributed by atoms with Crippen LogP contribution in [0.15, 0.2) is 24.3 Å². The zero-order valence-electron chi connectivity index (χ0n) is 10.7. The molecule has 0 atom stereocenters. The summed E-state index contributed by atoms with van der Waals surface area (Å²) in [6.45, 7) is 0.681. The predicted molar refractivity (Wildman–Crippen MR) is 71.4 cm³/mol. The van der Waals surface area contributed by atoms with Gasteiger partial charge in [-0.1, -0.05) is 31.4 Å². The molecule has 0 bridgehead atoms. The second-order valence-corrected chi connectivity index (χ2v) is 5.04. The highest BCUT2D eigenvalue weighted by molar-refractivity contribution is 5.78. The van der Waals surface area contributed by atoms with Gasteiger partial charge in [-0.25, -0.2) is 0 Å². The average Bonchev–Trinajstić information content (AvgIpc) is 2.42. The summed E-state index contributed by atoms with van der Waals surface area (Å²) >= 11 is 0. The van der Waals surface area contributed by atoms with Gasteiger partial charge in [-0.2, -0.15) is 0 Å². The van der Waals surface area contributed by atoms with Crippen molar-refractivity contribution in [3.63, 3.8) is 0 Å². The third kappa shape index (κ3) is 3.76. The molecule has 3 nitrogen and oxygen atoms in total. The van der Waals surface area contributed by atoms with Gasteiger partial charge in [-0.3, -0.25) is 4.79 Å². The molecule has 1 aliphatic carbocycles. The van der Waals surface area contributed by atoms with E-state index in [1.807, 2.05) is 12.1 Å². The molecule has 0 unspecified atom stereocenters. The third-order valence-electron chi connectivity index (χ3n) is 3.63. The zero-order valence-corrected chi connectivity index (χ0v) is 10.7. The fourth-order valence-corrected chi connectivity index (χ4v) is 2.50. The summed E-state index contributed by atoms with van der Waals surface area (Å²) in [5.74, 6) is 0.733. The number of phenolic OH excluding ortho intramolecular Hbond substituents is 1. The van der Waals surface area contributed by atoms with Crippen molar-refractivity contribution < 1.29 is 9.90 Å². The smallest absolute Gasteiger partial charge is 0.223 e. The molecule has 98 valence electrons. The van der Waals surface area contributed by atoms with E-state index >= 15 is 0 Å². The van der Waals surface area contributed by atoms with Crippen LogP contribution in [0.5, 0.6) is 5.75 Å². The summed E-state index contributed by atoms with van der Waals surface area (Å²) in [4.78, 5) is 11.9. The van der Waals surface area contributed by atoms with Gasteiger partial charge in [-0.15, -0.1) is 0 Å². The molecule has 1 fully saturated rings. The molecule has 1 saturated carbocycles. The maximum atomic E-state index is 11.9. The van der Waals surface area contributed by atoms with Gasteiger partial charge < -0.3 is 10.4 Å². The molecule has 1 aliphatic rings. The Morgan fingerprint density at radius 3 is 2.50 bits per heavy atom. The first kappa shape index (κ1) is 12.9. The normalized spacial score (nSPS) is 16.4. The van der Waals surface area contributed by atoms with Gasteiger partial charge in [0, 0.05) is 12.5 Å². The number of amides is 1. The van der Waals surface area contributed by atoms with Crippen LogP contribution < -0.4 is 5.32 Å². The van der Waals surface area contributed by atoms with Gasteiger partial charge in [0.25, 0.3) is 0 Å². The highest BCUT2D eigenvalue weighted by Crippen LogP contribution is 2.23. The first-order valence-electron chi connectivity index (χ1n) is 6.81.